The van der Waals surface area contributed by atoms with Gasteiger partial charge in [-0.3, -0.25) is 0 Å². The molecule has 0 saturated heterocycles. The molecule has 1 fully saturated rings. The maximum atomic E-state index is 14.2. The summed E-state index contributed by atoms with van der Waals surface area (Å²) in [4.78, 5) is 11.4. The Kier molecular flexibility index (Phi) is 4.36. The van der Waals surface area contributed by atoms with Gasteiger partial charge >= 0.3 is 6.09 Å². The highest BCUT2D eigenvalue weighted by molar-refractivity contribution is 5.67. The molecule has 5 heteroatoms. The molecule has 100 valence electrons. The summed E-state index contributed by atoms with van der Waals surface area (Å²) in [5.74, 6) is 0. The lowest BCUT2D eigenvalue weighted by atomic mass is 9.85. The third kappa shape index (κ3) is 5.35. The Balaban J connectivity index is 2.32. The van der Waals surface area contributed by atoms with E-state index in [1.54, 1.807) is 20.8 Å². The van der Waals surface area contributed by atoms with Gasteiger partial charge in [0.25, 0.3) is 0 Å². The lowest BCUT2D eigenvalue weighted by molar-refractivity contribution is 0.0239. The van der Waals surface area contributed by atoms with Crippen LogP contribution in [-0.2, 0) is 4.74 Å². The van der Waals surface area contributed by atoms with Crippen LogP contribution in [0.4, 0.5) is 9.18 Å². The summed E-state index contributed by atoms with van der Waals surface area (Å²) in [5, 5.41) is 11.7. The van der Waals surface area contributed by atoms with E-state index in [4.69, 9.17) is 4.74 Å². The highest BCUT2D eigenvalue weighted by Crippen LogP contribution is 2.31. The molecule has 1 aliphatic carbocycles. The first kappa shape index (κ1) is 14.2. The molecule has 1 rings (SSSR count). The normalized spacial score (nSPS) is 29.8. The first-order chi connectivity index (χ1) is 7.70. The van der Waals surface area contributed by atoms with E-state index in [-0.39, 0.29) is 19.4 Å². The Morgan fingerprint density at radius 3 is 2.47 bits per heavy atom. The van der Waals surface area contributed by atoms with E-state index < -0.39 is 23.5 Å². The standard InChI is InChI=1S/C12H22FNO3/c1-11(2,3)17-10(16)14-8-12(13)6-4-9(15)5-7-12/h9,15H,4-8H2,1-3H3,(H,14,16). The first-order valence-electron chi connectivity index (χ1n) is 6.04. The van der Waals surface area contributed by atoms with Gasteiger partial charge in [0, 0.05) is 0 Å². The summed E-state index contributed by atoms with van der Waals surface area (Å²) in [6.07, 6.45) is 0.466. The fraction of sp³-hybridized carbons (Fsp3) is 0.917. The van der Waals surface area contributed by atoms with Crippen molar-refractivity contribution in [2.45, 2.75) is 63.8 Å². The van der Waals surface area contributed by atoms with Gasteiger partial charge in [-0.05, 0) is 46.5 Å². The van der Waals surface area contributed by atoms with E-state index in [9.17, 15) is 14.3 Å². The molecule has 0 spiro atoms. The zero-order valence-electron chi connectivity index (χ0n) is 10.8. The lowest BCUT2D eigenvalue weighted by Gasteiger charge is -2.32. The molecule has 0 aliphatic heterocycles. The van der Waals surface area contributed by atoms with Crippen LogP contribution >= 0.6 is 0 Å². The second-order valence-electron chi connectivity index (χ2n) is 5.74. The topological polar surface area (TPSA) is 58.6 Å². The largest absolute Gasteiger partial charge is 0.444 e. The van der Waals surface area contributed by atoms with Crippen LogP contribution in [-0.4, -0.2) is 35.1 Å². The third-order valence-corrected chi connectivity index (χ3v) is 2.80. The molecule has 0 aromatic heterocycles. The number of aliphatic hydroxyl groups excluding tert-OH is 1. The van der Waals surface area contributed by atoms with Crippen molar-refractivity contribution < 1.29 is 19.0 Å². The van der Waals surface area contributed by atoms with Gasteiger partial charge < -0.3 is 15.2 Å². The van der Waals surface area contributed by atoms with Crippen LogP contribution < -0.4 is 5.32 Å². The van der Waals surface area contributed by atoms with Crippen LogP contribution in [0.1, 0.15) is 46.5 Å². The van der Waals surface area contributed by atoms with Crippen LogP contribution in [0, 0.1) is 0 Å². The van der Waals surface area contributed by atoms with Crippen molar-refractivity contribution in [3.8, 4) is 0 Å². The Morgan fingerprint density at radius 2 is 2.00 bits per heavy atom. The maximum absolute atomic E-state index is 14.2. The third-order valence-electron chi connectivity index (χ3n) is 2.80. The molecule has 0 radical (unpaired) electrons. The minimum absolute atomic E-state index is 0.0470. The number of halogens is 1. The zero-order chi connectivity index (χ0) is 13.1. The predicted molar refractivity (Wildman–Crippen MR) is 62.6 cm³/mol. The predicted octanol–water partition coefficient (Wildman–Crippen LogP) is 2.15. The monoisotopic (exact) mass is 247 g/mol. The number of amides is 1. The Morgan fingerprint density at radius 1 is 1.47 bits per heavy atom. The maximum Gasteiger partial charge on any atom is 0.407 e. The van der Waals surface area contributed by atoms with Gasteiger partial charge in [-0.2, -0.15) is 0 Å². The summed E-state index contributed by atoms with van der Waals surface area (Å²) >= 11 is 0. The molecule has 0 aromatic rings. The SMILES string of the molecule is CC(C)(C)OC(=O)NCC1(F)CCC(O)CC1. The molecule has 1 saturated carbocycles. The van der Waals surface area contributed by atoms with Gasteiger partial charge in [0.15, 0.2) is 0 Å². The Hall–Kier alpha value is -0.840. The number of nitrogens with one attached hydrogen (secondary N) is 1. The number of alkyl halides is 1. The van der Waals surface area contributed by atoms with Crippen LogP contribution in [0.15, 0.2) is 0 Å². The molecule has 0 heterocycles. The van der Waals surface area contributed by atoms with Gasteiger partial charge in [-0.25, -0.2) is 9.18 Å². The van der Waals surface area contributed by atoms with Crippen molar-refractivity contribution in [1.82, 2.24) is 5.32 Å². The van der Waals surface area contributed by atoms with Crippen molar-refractivity contribution >= 4 is 6.09 Å². The molecule has 0 unspecified atom stereocenters. The second kappa shape index (κ2) is 5.21. The zero-order valence-corrected chi connectivity index (χ0v) is 10.8. The molecule has 2 N–H and O–H groups in total. The van der Waals surface area contributed by atoms with Crippen LogP contribution in [0.25, 0.3) is 0 Å². The number of hydrogen-bond acceptors (Lipinski definition) is 3. The van der Waals surface area contributed by atoms with Crippen LogP contribution in [0.2, 0.25) is 0 Å². The Labute approximate surface area is 102 Å². The molecule has 17 heavy (non-hydrogen) atoms. The highest BCUT2D eigenvalue weighted by atomic mass is 19.1. The minimum atomic E-state index is -1.41. The molecule has 4 nitrogen and oxygen atoms in total. The number of carbonyl (C=O) groups excluding carboxylic acids is 1. The van der Waals surface area contributed by atoms with Gasteiger partial charge in [-0.1, -0.05) is 0 Å². The quantitative estimate of drug-likeness (QED) is 0.786. The highest BCUT2D eigenvalue weighted by Gasteiger charge is 2.35. The summed E-state index contributed by atoms with van der Waals surface area (Å²) in [6, 6.07) is 0. The van der Waals surface area contributed by atoms with Gasteiger partial charge in [0.1, 0.15) is 11.3 Å². The van der Waals surface area contributed by atoms with Crippen molar-refractivity contribution in [3.05, 3.63) is 0 Å². The smallest absolute Gasteiger partial charge is 0.407 e. The fourth-order valence-electron chi connectivity index (χ4n) is 1.84. The molecule has 1 aliphatic rings. The fourth-order valence-corrected chi connectivity index (χ4v) is 1.84. The summed E-state index contributed by atoms with van der Waals surface area (Å²) in [7, 11) is 0. The van der Waals surface area contributed by atoms with Gasteiger partial charge in [-0.15, -0.1) is 0 Å². The van der Waals surface area contributed by atoms with Crippen molar-refractivity contribution in [1.29, 1.82) is 0 Å². The molecular weight excluding hydrogens is 225 g/mol. The van der Waals surface area contributed by atoms with E-state index in [2.05, 4.69) is 5.32 Å². The summed E-state index contributed by atoms with van der Waals surface area (Å²) < 4.78 is 19.2. The van der Waals surface area contributed by atoms with E-state index in [1.807, 2.05) is 0 Å². The lowest BCUT2D eigenvalue weighted by Crippen LogP contribution is -2.44. The second-order valence-corrected chi connectivity index (χ2v) is 5.74. The molecule has 0 atom stereocenters. The number of rotatable bonds is 2. The number of alkyl carbamates (subject to hydrolysis) is 1. The molecular formula is C12H22FNO3. The minimum Gasteiger partial charge on any atom is -0.444 e. The van der Waals surface area contributed by atoms with Crippen LogP contribution in [0.3, 0.4) is 0 Å². The Bertz CT molecular complexity index is 267. The number of ether oxygens (including phenoxy) is 1. The van der Waals surface area contributed by atoms with Gasteiger partial charge in [0.05, 0.1) is 12.6 Å². The summed E-state index contributed by atoms with van der Waals surface area (Å²) in [5.41, 5.74) is -1.98. The van der Waals surface area contributed by atoms with Crippen molar-refractivity contribution in [2.75, 3.05) is 6.54 Å². The van der Waals surface area contributed by atoms with E-state index in [1.165, 1.54) is 0 Å². The number of carbonyl (C=O) groups is 1. The van der Waals surface area contributed by atoms with Crippen molar-refractivity contribution in [3.63, 3.8) is 0 Å². The number of aliphatic hydroxyl groups is 1. The molecule has 0 aromatic carbocycles. The van der Waals surface area contributed by atoms with E-state index in [0.717, 1.165) is 0 Å². The van der Waals surface area contributed by atoms with E-state index in [0.29, 0.717) is 12.8 Å². The van der Waals surface area contributed by atoms with Crippen molar-refractivity contribution in [2.24, 2.45) is 0 Å². The average molecular weight is 247 g/mol. The molecule has 0 bridgehead atoms. The molecule has 1 amide bonds. The van der Waals surface area contributed by atoms with Crippen LogP contribution in [0.5, 0.6) is 0 Å². The first-order valence-corrected chi connectivity index (χ1v) is 6.04. The number of hydrogen-bond donors (Lipinski definition) is 2. The average Bonchev–Trinajstić information content (AvgIpc) is 2.18. The van der Waals surface area contributed by atoms with E-state index >= 15 is 0 Å². The summed E-state index contributed by atoms with van der Waals surface area (Å²) in [6.45, 7) is 5.23. The van der Waals surface area contributed by atoms with Gasteiger partial charge in [0.2, 0.25) is 0 Å².